The largest absolute Gasteiger partial charge is 0.508 e. The van der Waals surface area contributed by atoms with Crippen LogP contribution in [-0.2, 0) is 11.2 Å². The van der Waals surface area contributed by atoms with Crippen LogP contribution in [0.15, 0.2) is 18.2 Å². The number of phenolic OH excluding ortho intramolecular Hbond substituents is 1. The van der Waals surface area contributed by atoms with Crippen molar-refractivity contribution in [3.05, 3.63) is 29.3 Å². The standard InChI is InChI=1S/C11H11BrO4/c1-6(12)11(16)9-5-8(13)3-2-7(9)4-10(14)15/h2-3,5-6,13H,4H2,1H3,(H,14,15). The van der Waals surface area contributed by atoms with Gasteiger partial charge < -0.3 is 10.2 Å². The van der Waals surface area contributed by atoms with Gasteiger partial charge in [-0.3, -0.25) is 9.59 Å². The summed E-state index contributed by atoms with van der Waals surface area (Å²) in [5, 5.41) is 18.0. The van der Waals surface area contributed by atoms with E-state index >= 15 is 0 Å². The summed E-state index contributed by atoms with van der Waals surface area (Å²) in [4.78, 5) is 21.9. The molecule has 1 aromatic carbocycles. The molecule has 1 aromatic rings. The summed E-state index contributed by atoms with van der Waals surface area (Å²) in [5.74, 6) is -1.31. The van der Waals surface area contributed by atoms with Crippen LogP contribution in [0.4, 0.5) is 0 Å². The van der Waals surface area contributed by atoms with Gasteiger partial charge in [0, 0.05) is 5.56 Å². The van der Waals surface area contributed by atoms with Gasteiger partial charge in [-0.2, -0.15) is 0 Å². The number of carboxylic acid groups (broad SMARTS) is 1. The fourth-order valence-corrected chi connectivity index (χ4v) is 1.57. The summed E-state index contributed by atoms with van der Waals surface area (Å²) < 4.78 is 0. The predicted octanol–water partition coefficient (Wildman–Crippen LogP) is 1.99. The molecule has 0 bridgehead atoms. The molecular formula is C11H11BrO4. The molecule has 0 fully saturated rings. The molecule has 0 saturated heterocycles. The smallest absolute Gasteiger partial charge is 0.307 e. The van der Waals surface area contributed by atoms with Gasteiger partial charge in [0.15, 0.2) is 5.78 Å². The second-order valence-corrected chi connectivity index (χ2v) is 4.77. The van der Waals surface area contributed by atoms with Gasteiger partial charge in [0.05, 0.1) is 11.2 Å². The Hall–Kier alpha value is -1.36. The number of ketones is 1. The van der Waals surface area contributed by atoms with E-state index in [1.165, 1.54) is 18.2 Å². The summed E-state index contributed by atoms with van der Waals surface area (Å²) in [5.41, 5.74) is 0.647. The second-order valence-electron chi connectivity index (χ2n) is 3.39. The number of phenols is 1. The molecule has 86 valence electrons. The number of hydrogen-bond donors (Lipinski definition) is 2. The van der Waals surface area contributed by atoms with Crippen LogP contribution in [0.1, 0.15) is 22.8 Å². The molecule has 0 saturated carbocycles. The molecule has 0 aromatic heterocycles. The number of carboxylic acids is 1. The maximum Gasteiger partial charge on any atom is 0.307 e. The Morgan fingerprint density at radius 1 is 1.44 bits per heavy atom. The number of benzene rings is 1. The molecule has 0 heterocycles. The second kappa shape index (κ2) is 5.12. The average Bonchev–Trinajstić information content (AvgIpc) is 2.18. The van der Waals surface area contributed by atoms with Crippen molar-refractivity contribution in [2.75, 3.05) is 0 Å². The molecule has 0 aliphatic heterocycles. The van der Waals surface area contributed by atoms with Gasteiger partial charge in [-0.05, 0) is 24.6 Å². The van der Waals surface area contributed by atoms with E-state index in [0.717, 1.165) is 0 Å². The quantitative estimate of drug-likeness (QED) is 0.656. The number of Topliss-reactive ketones (excluding diaryl/α,β-unsaturated/α-hetero) is 1. The van der Waals surface area contributed by atoms with Gasteiger partial charge in [-0.25, -0.2) is 0 Å². The summed E-state index contributed by atoms with van der Waals surface area (Å²) in [7, 11) is 0. The van der Waals surface area contributed by atoms with Gasteiger partial charge in [0.25, 0.3) is 0 Å². The number of aromatic hydroxyl groups is 1. The van der Waals surface area contributed by atoms with Crippen LogP contribution in [0.3, 0.4) is 0 Å². The number of carbonyl (C=O) groups is 2. The third kappa shape index (κ3) is 3.06. The molecule has 4 nitrogen and oxygen atoms in total. The first kappa shape index (κ1) is 12.7. The minimum atomic E-state index is -1.01. The van der Waals surface area contributed by atoms with Crippen molar-refractivity contribution in [3.8, 4) is 5.75 Å². The van der Waals surface area contributed by atoms with Crippen LogP contribution in [0, 0.1) is 0 Å². The highest BCUT2D eigenvalue weighted by Gasteiger charge is 2.18. The fourth-order valence-electron chi connectivity index (χ4n) is 1.33. The van der Waals surface area contributed by atoms with Crippen molar-refractivity contribution in [2.45, 2.75) is 18.2 Å². The van der Waals surface area contributed by atoms with E-state index < -0.39 is 10.8 Å². The minimum Gasteiger partial charge on any atom is -0.508 e. The van der Waals surface area contributed by atoms with Crippen LogP contribution in [0.25, 0.3) is 0 Å². The van der Waals surface area contributed by atoms with Gasteiger partial charge >= 0.3 is 5.97 Å². The Kier molecular flexibility index (Phi) is 4.06. The first-order valence-electron chi connectivity index (χ1n) is 4.63. The van der Waals surface area contributed by atoms with E-state index in [1.54, 1.807) is 6.92 Å². The Labute approximate surface area is 101 Å². The molecule has 1 atom stereocenters. The first-order valence-corrected chi connectivity index (χ1v) is 5.55. The molecule has 2 N–H and O–H groups in total. The highest BCUT2D eigenvalue weighted by Crippen LogP contribution is 2.20. The lowest BCUT2D eigenvalue weighted by atomic mass is 9.99. The molecule has 0 radical (unpaired) electrons. The van der Waals surface area contributed by atoms with Crippen molar-refractivity contribution >= 4 is 27.7 Å². The van der Waals surface area contributed by atoms with Crippen LogP contribution >= 0.6 is 15.9 Å². The normalized spacial score (nSPS) is 12.1. The zero-order valence-corrected chi connectivity index (χ0v) is 10.2. The zero-order chi connectivity index (χ0) is 12.3. The molecule has 1 unspecified atom stereocenters. The van der Waals surface area contributed by atoms with Crippen molar-refractivity contribution in [2.24, 2.45) is 0 Å². The van der Waals surface area contributed by atoms with Crippen molar-refractivity contribution in [1.82, 2.24) is 0 Å². The number of rotatable bonds is 4. The van der Waals surface area contributed by atoms with Crippen molar-refractivity contribution in [1.29, 1.82) is 0 Å². The Morgan fingerprint density at radius 2 is 2.06 bits per heavy atom. The number of aliphatic carboxylic acids is 1. The number of carbonyl (C=O) groups excluding carboxylic acids is 1. The van der Waals surface area contributed by atoms with E-state index in [0.29, 0.717) is 5.56 Å². The fraction of sp³-hybridized carbons (Fsp3) is 0.273. The van der Waals surface area contributed by atoms with E-state index in [1.807, 2.05) is 0 Å². The number of halogens is 1. The third-order valence-electron chi connectivity index (χ3n) is 2.06. The van der Waals surface area contributed by atoms with Crippen LogP contribution in [0.5, 0.6) is 5.75 Å². The SMILES string of the molecule is CC(Br)C(=O)c1cc(O)ccc1CC(=O)O. The highest BCUT2D eigenvalue weighted by atomic mass is 79.9. The van der Waals surface area contributed by atoms with E-state index in [9.17, 15) is 14.7 Å². The predicted molar refractivity (Wildman–Crippen MR) is 62.2 cm³/mol. The first-order chi connectivity index (χ1) is 7.41. The summed E-state index contributed by atoms with van der Waals surface area (Å²) in [6.45, 7) is 1.65. The lowest BCUT2D eigenvalue weighted by molar-refractivity contribution is -0.136. The number of alkyl halides is 1. The number of hydrogen-bond acceptors (Lipinski definition) is 3. The zero-order valence-electron chi connectivity index (χ0n) is 8.61. The molecule has 0 amide bonds. The van der Waals surface area contributed by atoms with Crippen molar-refractivity contribution < 1.29 is 19.8 Å². The van der Waals surface area contributed by atoms with Crippen LogP contribution < -0.4 is 0 Å². The summed E-state index contributed by atoms with van der Waals surface area (Å²) in [6.07, 6.45) is -0.235. The van der Waals surface area contributed by atoms with E-state index in [-0.39, 0.29) is 23.5 Å². The topological polar surface area (TPSA) is 74.6 Å². The maximum absolute atomic E-state index is 11.7. The summed E-state index contributed by atoms with van der Waals surface area (Å²) >= 11 is 3.12. The van der Waals surface area contributed by atoms with Gasteiger partial charge in [0.1, 0.15) is 5.75 Å². The van der Waals surface area contributed by atoms with E-state index in [2.05, 4.69) is 15.9 Å². The summed E-state index contributed by atoms with van der Waals surface area (Å²) in [6, 6.07) is 4.11. The van der Waals surface area contributed by atoms with Gasteiger partial charge in [-0.1, -0.05) is 22.0 Å². The van der Waals surface area contributed by atoms with E-state index in [4.69, 9.17) is 5.11 Å². The lowest BCUT2D eigenvalue weighted by Gasteiger charge is -2.08. The molecular weight excluding hydrogens is 276 g/mol. The maximum atomic E-state index is 11.7. The Bertz CT molecular complexity index is 426. The molecule has 16 heavy (non-hydrogen) atoms. The van der Waals surface area contributed by atoms with Crippen molar-refractivity contribution in [3.63, 3.8) is 0 Å². The molecule has 0 spiro atoms. The minimum absolute atomic E-state index is 0.0503. The Balaban J connectivity index is 3.17. The van der Waals surface area contributed by atoms with Gasteiger partial charge in [-0.15, -0.1) is 0 Å². The molecule has 5 heteroatoms. The Morgan fingerprint density at radius 3 is 2.56 bits per heavy atom. The lowest BCUT2D eigenvalue weighted by Crippen LogP contribution is -2.14. The molecule has 0 aliphatic rings. The molecule has 1 rings (SSSR count). The van der Waals surface area contributed by atoms with Crippen LogP contribution in [-0.4, -0.2) is 26.8 Å². The third-order valence-corrected chi connectivity index (χ3v) is 2.48. The monoisotopic (exact) mass is 286 g/mol. The molecule has 0 aliphatic carbocycles. The average molecular weight is 287 g/mol. The van der Waals surface area contributed by atoms with Crippen LogP contribution in [0.2, 0.25) is 0 Å². The highest BCUT2D eigenvalue weighted by molar-refractivity contribution is 9.10. The van der Waals surface area contributed by atoms with Gasteiger partial charge in [0.2, 0.25) is 0 Å².